The predicted octanol–water partition coefficient (Wildman–Crippen LogP) is 2.40. The molecule has 7 nitrogen and oxygen atoms in total. The van der Waals surface area contributed by atoms with E-state index in [4.69, 9.17) is 9.47 Å². The van der Waals surface area contributed by atoms with Gasteiger partial charge in [0.25, 0.3) is 0 Å². The summed E-state index contributed by atoms with van der Waals surface area (Å²) in [6, 6.07) is 0.244. The molecule has 7 heteroatoms. The van der Waals surface area contributed by atoms with Crippen LogP contribution in [0.15, 0.2) is 6.20 Å². The van der Waals surface area contributed by atoms with Crippen LogP contribution in [0.25, 0.3) is 0 Å². The van der Waals surface area contributed by atoms with Crippen LogP contribution in [0.3, 0.4) is 0 Å². The molecule has 4 fully saturated rings. The first-order chi connectivity index (χ1) is 13.7. The fourth-order valence-corrected chi connectivity index (χ4v) is 4.96. The van der Waals surface area contributed by atoms with E-state index in [1.165, 1.54) is 25.7 Å². The van der Waals surface area contributed by atoms with Gasteiger partial charge in [-0.1, -0.05) is 5.21 Å². The van der Waals surface area contributed by atoms with E-state index in [9.17, 15) is 4.79 Å². The van der Waals surface area contributed by atoms with Crippen molar-refractivity contribution in [2.75, 3.05) is 33.4 Å². The molecule has 1 saturated heterocycles. The highest BCUT2D eigenvalue weighted by atomic mass is 16.5. The minimum absolute atomic E-state index is 0.185. The monoisotopic (exact) mass is 388 g/mol. The van der Waals surface area contributed by atoms with E-state index in [0.29, 0.717) is 30.8 Å². The van der Waals surface area contributed by atoms with Crippen molar-refractivity contribution >= 4 is 5.91 Å². The zero-order valence-corrected chi connectivity index (χ0v) is 16.8. The maximum absolute atomic E-state index is 12.5. The number of fused-ring (bicyclic) bond motifs is 1. The topological polar surface area (TPSA) is 69.5 Å². The lowest BCUT2D eigenvalue weighted by atomic mass is 9.77. The molecular weight excluding hydrogens is 356 g/mol. The van der Waals surface area contributed by atoms with Gasteiger partial charge in [0.05, 0.1) is 30.9 Å². The molecule has 1 amide bonds. The normalized spacial score (nSPS) is 32.5. The zero-order valence-electron chi connectivity index (χ0n) is 16.8. The van der Waals surface area contributed by atoms with Gasteiger partial charge < -0.3 is 14.4 Å². The lowest BCUT2D eigenvalue weighted by Gasteiger charge is -2.37. The van der Waals surface area contributed by atoms with Crippen molar-refractivity contribution in [2.24, 2.45) is 17.8 Å². The summed E-state index contributed by atoms with van der Waals surface area (Å²) in [5.74, 6) is 2.67. The number of ether oxygens (including phenoxy) is 2. The van der Waals surface area contributed by atoms with Crippen molar-refractivity contribution in [3.8, 4) is 0 Å². The summed E-state index contributed by atoms with van der Waals surface area (Å²) in [4.78, 5) is 14.5. The standard InChI is InChI=1S/C21H32N4O3/c1-27-7-6-21(26)24-10-16-8-19(25-12-18(22-23-25)15-4-5-15)20(9-17(16)11-24)28-13-14-2-3-14/h12,14-17,19-20H,2-11,13H2,1H3/t16-,17+,19-,20-/m1/s1. The molecule has 0 aromatic carbocycles. The molecule has 154 valence electrons. The van der Waals surface area contributed by atoms with Crippen LogP contribution in [0, 0.1) is 17.8 Å². The van der Waals surface area contributed by atoms with Crippen LogP contribution in [-0.2, 0) is 14.3 Å². The molecule has 0 radical (unpaired) electrons. The smallest absolute Gasteiger partial charge is 0.224 e. The minimum Gasteiger partial charge on any atom is -0.384 e. The molecule has 1 aromatic rings. The fourth-order valence-electron chi connectivity index (χ4n) is 4.96. The van der Waals surface area contributed by atoms with Crippen molar-refractivity contribution in [1.29, 1.82) is 0 Å². The van der Waals surface area contributed by atoms with E-state index in [1.54, 1.807) is 7.11 Å². The van der Waals surface area contributed by atoms with Crippen LogP contribution >= 0.6 is 0 Å². The number of nitrogens with zero attached hydrogens (tertiary/aromatic N) is 4. The molecular formula is C21H32N4O3. The molecule has 3 aliphatic carbocycles. The third kappa shape index (κ3) is 3.96. The highest BCUT2D eigenvalue weighted by molar-refractivity contribution is 5.76. The van der Waals surface area contributed by atoms with E-state index in [2.05, 4.69) is 21.2 Å². The molecule has 4 atom stereocenters. The maximum Gasteiger partial charge on any atom is 0.224 e. The summed E-state index contributed by atoms with van der Waals surface area (Å²) in [7, 11) is 1.65. The Labute approximate surface area is 166 Å². The van der Waals surface area contributed by atoms with Crippen LogP contribution in [-0.4, -0.2) is 65.3 Å². The van der Waals surface area contributed by atoms with E-state index in [0.717, 1.165) is 44.1 Å². The number of aromatic nitrogens is 3. The Kier molecular flexibility index (Phi) is 5.13. The number of amides is 1. The number of hydrogen-bond acceptors (Lipinski definition) is 5. The van der Waals surface area contributed by atoms with Crippen molar-refractivity contribution in [3.05, 3.63) is 11.9 Å². The molecule has 0 N–H and O–H groups in total. The number of hydrogen-bond donors (Lipinski definition) is 0. The third-order valence-corrected chi connectivity index (χ3v) is 7.06. The molecule has 28 heavy (non-hydrogen) atoms. The van der Waals surface area contributed by atoms with Crippen LogP contribution < -0.4 is 0 Å². The van der Waals surface area contributed by atoms with E-state index < -0.39 is 0 Å². The van der Waals surface area contributed by atoms with E-state index in [-0.39, 0.29) is 18.1 Å². The Morgan fingerprint density at radius 3 is 2.68 bits per heavy atom. The van der Waals surface area contributed by atoms with Gasteiger partial charge >= 0.3 is 0 Å². The highest BCUT2D eigenvalue weighted by Gasteiger charge is 2.45. The zero-order chi connectivity index (χ0) is 19.1. The van der Waals surface area contributed by atoms with E-state index >= 15 is 0 Å². The average Bonchev–Trinajstić information content (AvgIpc) is 3.63. The van der Waals surface area contributed by atoms with Gasteiger partial charge in [0.1, 0.15) is 0 Å². The van der Waals surface area contributed by atoms with Gasteiger partial charge in [-0.2, -0.15) is 0 Å². The van der Waals surface area contributed by atoms with Gasteiger partial charge in [-0.15, -0.1) is 5.10 Å². The Balaban J connectivity index is 1.28. The second-order valence-electron chi connectivity index (χ2n) is 9.31. The number of carbonyl (C=O) groups excluding carboxylic acids is 1. The van der Waals surface area contributed by atoms with Crippen molar-refractivity contribution in [1.82, 2.24) is 19.9 Å². The van der Waals surface area contributed by atoms with Crippen LogP contribution in [0.5, 0.6) is 0 Å². The number of carbonyl (C=O) groups is 1. The van der Waals surface area contributed by atoms with E-state index in [1.807, 2.05) is 4.90 Å². The summed E-state index contributed by atoms with van der Waals surface area (Å²) in [5, 5.41) is 8.93. The van der Waals surface area contributed by atoms with Crippen LogP contribution in [0.4, 0.5) is 0 Å². The minimum atomic E-state index is 0.185. The number of methoxy groups -OCH3 is 1. The highest BCUT2D eigenvalue weighted by Crippen LogP contribution is 2.44. The van der Waals surface area contributed by atoms with Crippen molar-refractivity contribution in [3.63, 3.8) is 0 Å². The maximum atomic E-state index is 12.5. The molecule has 0 bridgehead atoms. The quantitative estimate of drug-likeness (QED) is 0.684. The van der Waals surface area contributed by atoms with Crippen molar-refractivity contribution < 1.29 is 14.3 Å². The molecule has 1 aliphatic heterocycles. The Hall–Kier alpha value is -1.47. The van der Waals surface area contributed by atoms with Gasteiger partial charge in [-0.25, -0.2) is 4.68 Å². The lowest BCUT2D eigenvalue weighted by Crippen LogP contribution is -2.38. The van der Waals surface area contributed by atoms with Gasteiger partial charge in [-0.3, -0.25) is 4.79 Å². The molecule has 0 spiro atoms. The largest absolute Gasteiger partial charge is 0.384 e. The summed E-state index contributed by atoms with van der Waals surface area (Å²) >= 11 is 0. The second-order valence-corrected chi connectivity index (χ2v) is 9.31. The van der Waals surface area contributed by atoms with Gasteiger partial charge in [-0.05, 0) is 56.3 Å². The first kappa shape index (κ1) is 18.6. The fraction of sp³-hybridized carbons (Fsp3) is 0.857. The van der Waals surface area contributed by atoms with Gasteiger partial charge in [0.15, 0.2) is 0 Å². The summed E-state index contributed by atoms with van der Waals surface area (Å²) in [5.41, 5.74) is 1.14. The van der Waals surface area contributed by atoms with Gasteiger partial charge in [0, 0.05) is 38.9 Å². The van der Waals surface area contributed by atoms with Crippen LogP contribution in [0.1, 0.15) is 62.6 Å². The first-order valence-electron chi connectivity index (χ1n) is 11.0. The molecule has 3 saturated carbocycles. The first-order valence-corrected chi connectivity index (χ1v) is 11.0. The molecule has 5 rings (SSSR count). The molecule has 2 heterocycles. The Morgan fingerprint density at radius 1 is 1.18 bits per heavy atom. The SMILES string of the molecule is COCCC(=O)N1C[C@H]2C[C@@H](n3cc(C4CC4)nn3)[C@H](OCC3CC3)C[C@H]2C1. The predicted molar refractivity (Wildman–Crippen MR) is 103 cm³/mol. The van der Waals surface area contributed by atoms with Crippen LogP contribution in [0.2, 0.25) is 0 Å². The third-order valence-electron chi connectivity index (χ3n) is 7.06. The van der Waals surface area contributed by atoms with Gasteiger partial charge in [0.2, 0.25) is 5.91 Å². The lowest BCUT2D eigenvalue weighted by molar-refractivity contribution is -0.131. The average molecular weight is 389 g/mol. The molecule has 4 aliphatic rings. The summed E-state index contributed by atoms with van der Waals surface area (Å²) in [6.07, 6.45) is 9.98. The number of likely N-dealkylation sites (tertiary alicyclic amines) is 1. The summed E-state index contributed by atoms with van der Waals surface area (Å²) in [6.45, 7) is 3.11. The van der Waals surface area contributed by atoms with Crippen molar-refractivity contribution in [2.45, 2.75) is 63.0 Å². The second kappa shape index (κ2) is 7.75. The Bertz CT molecular complexity index is 700. The summed E-state index contributed by atoms with van der Waals surface area (Å²) < 4.78 is 13.6. The molecule has 0 unspecified atom stereocenters. The number of rotatable bonds is 8. The Morgan fingerprint density at radius 2 is 1.96 bits per heavy atom. The molecule has 1 aromatic heterocycles.